The van der Waals surface area contributed by atoms with Crippen LogP contribution in [-0.4, -0.2) is 34.6 Å². The molecule has 1 N–H and O–H groups in total. The lowest BCUT2D eigenvalue weighted by atomic mass is 10.2. The van der Waals surface area contributed by atoms with Gasteiger partial charge in [0.05, 0.1) is 12.1 Å². The number of anilines is 1. The molecule has 118 valence electrons. The van der Waals surface area contributed by atoms with E-state index in [1.54, 1.807) is 12.3 Å². The van der Waals surface area contributed by atoms with E-state index in [1.807, 2.05) is 38.8 Å². The Balaban J connectivity index is 1.94. The number of nitrogens with zero attached hydrogens (tertiary/aromatic N) is 4. The smallest absolute Gasteiger partial charge is 0.253 e. The summed E-state index contributed by atoms with van der Waals surface area (Å²) in [6.07, 6.45) is 1.56. The third-order valence-electron chi connectivity index (χ3n) is 3.26. The summed E-state index contributed by atoms with van der Waals surface area (Å²) in [5.74, 6) is 1.82. The molecule has 2 heterocycles. The van der Waals surface area contributed by atoms with Gasteiger partial charge in [-0.15, -0.1) is 0 Å². The second-order valence-electron chi connectivity index (χ2n) is 5.31. The molecule has 0 spiro atoms. The van der Waals surface area contributed by atoms with Crippen molar-refractivity contribution in [1.82, 2.24) is 20.4 Å². The molecule has 0 aliphatic carbocycles. The van der Waals surface area contributed by atoms with Crippen molar-refractivity contribution in [3.63, 3.8) is 0 Å². The molecular weight excluding hydrogens is 282 g/mol. The van der Waals surface area contributed by atoms with Crippen LogP contribution in [0, 0.1) is 0 Å². The summed E-state index contributed by atoms with van der Waals surface area (Å²) in [6, 6.07) is 3.57. The lowest BCUT2D eigenvalue weighted by molar-refractivity contribution is 0.0949. The summed E-state index contributed by atoms with van der Waals surface area (Å²) < 4.78 is 5.09. The molecule has 0 atom stereocenters. The van der Waals surface area contributed by atoms with Gasteiger partial charge in [0, 0.05) is 25.7 Å². The molecule has 7 heteroatoms. The van der Waals surface area contributed by atoms with Crippen LogP contribution >= 0.6 is 0 Å². The van der Waals surface area contributed by atoms with Gasteiger partial charge >= 0.3 is 0 Å². The highest BCUT2D eigenvalue weighted by atomic mass is 16.5. The third kappa shape index (κ3) is 3.81. The van der Waals surface area contributed by atoms with E-state index >= 15 is 0 Å². The molecule has 0 aliphatic heterocycles. The average molecular weight is 303 g/mol. The number of aromatic nitrogens is 3. The monoisotopic (exact) mass is 303 g/mol. The summed E-state index contributed by atoms with van der Waals surface area (Å²) in [5.41, 5.74) is 0.501. The van der Waals surface area contributed by atoms with Gasteiger partial charge in [0.2, 0.25) is 5.89 Å². The highest BCUT2D eigenvalue weighted by Crippen LogP contribution is 2.11. The summed E-state index contributed by atoms with van der Waals surface area (Å²) >= 11 is 0. The van der Waals surface area contributed by atoms with Gasteiger partial charge in [-0.25, -0.2) is 4.98 Å². The molecule has 0 saturated heterocycles. The number of nitrogens with one attached hydrogen (secondary N) is 1. The number of carbonyl (C=O) groups excluding carboxylic acids is 1. The van der Waals surface area contributed by atoms with E-state index in [0.717, 1.165) is 12.4 Å². The zero-order valence-electron chi connectivity index (χ0n) is 13.3. The molecule has 0 aromatic carbocycles. The minimum Gasteiger partial charge on any atom is -0.360 e. The fourth-order valence-electron chi connectivity index (χ4n) is 1.74. The second-order valence-corrected chi connectivity index (χ2v) is 5.31. The minimum atomic E-state index is -0.214. The van der Waals surface area contributed by atoms with Gasteiger partial charge in [-0.05, 0) is 19.1 Å². The van der Waals surface area contributed by atoms with Crippen molar-refractivity contribution in [1.29, 1.82) is 0 Å². The first-order chi connectivity index (χ1) is 10.5. The topological polar surface area (TPSA) is 84.2 Å². The molecule has 0 unspecified atom stereocenters. The number of rotatable bonds is 6. The predicted molar refractivity (Wildman–Crippen MR) is 82.7 cm³/mol. The molecule has 0 saturated carbocycles. The van der Waals surface area contributed by atoms with Crippen molar-refractivity contribution in [2.75, 3.05) is 18.5 Å². The van der Waals surface area contributed by atoms with E-state index in [0.29, 0.717) is 17.3 Å². The first-order valence-corrected chi connectivity index (χ1v) is 7.29. The Morgan fingerprint density at radius 1 is 1.41 bits per heavy atom. The van der Waals surface area contributed by atoms with Gasteiger partial charge in [0.15, 0.2) is 5.82 Å². The first kappa shape index (κ1) is 15.9. The van der Waals surface area contributed by atoms with Crippen molar-refractivity contribution >= 4 is 11.7 Å². The standard InChI is InChI=1S/C15H21N5O2/c1-5-20(4)13-7-6-11(8-16-13)14(21)17-9-12-18-15(10(2)3)22-19-12/h6-8,10H,5,9H2,1-4H3,(H,17,21). The molecule has 0 bridgehead atoms. The van der Waals surface area contributed by atoms with Crippen LogP contribution in [-0.2, 0) is 6.54 Å². The van der Waals surface area contributed by atoms with Crippen LogP contribution in [0.5, 0.6) is 0 Å². The van der Waals surface area contributed by atoms with Crippen LogP contribution in [0.2, 0.25) is 0 Å². The number of hydrogen-bond acceptors (Lipinski definition) is 6. The summed E-state index contributed by atoms with van der Waals surface area (Å²) in [7, 11) is 1.95. The number of amides is 1. The molecule has 2 aromatic heterocycles. The van der Waals surface area contributed by atoms with Gasteiger partial charge < -0.3 is 14.7 Å². The molecule has 1 amide bonds. The SMILES string of the molecule is CCN(C)c1ccc(C(=O)NCc2noc(C(C)C)n2)cn1. The normalized spacial score (nSPS) is 10.8. The van der Waals surface area contributed by atoms with Crippen LogP contribution in [0.4, 0.5) is 5.82 Å². The lowest BCUT2D eigenvalue weighted by Crippen LogP contribution is -2.24. The fourth-order valence-corrected chi connectivity index (χ4v) is 1.74. The van der Waals surface area contributed by atoms with Crippen LogP contribution in [0.3, 0.4) is 0 Å². The van der Waals surface area contributed by atoms with Crippen LogP contribution in [0.25, 0.3) is 0 Å². The molecule has 22 heavy (non-hydrogen) atoms. The molecule has 0 aliphatic rings. The Kier molecular flexibility index (Phi) is 5.08. The van der Waals surface area contributed by atoms with E-state index in [2.05, 4.69) is 20.4 Å². The Labute approximate surface area is 129 Å². The molecular formula is C15H21N5O2. The summed E-state index contributed by atoms with van der Waals surface area (Å²) in [4.78, 5) is 22.5. The first-order valence-electron chi connectivity index (χ1n) is 7.29. The Bertz CT molecular complexity index is 621. The Morgan fingerprint density at radius 3 is 2.73 bits per heavy atom. The molecule has 2 aromatic rings. The fraction of sp³-hybridized carbons (Fsp3) is 0.467. The highest BCUT2D eigenvalue weighted by molar-refractivity contribution is 5.93. The van der Waals surface area contributed by atoms with E-state index in [4.69, 9.17) is 4.52 Å². The van der Waals surface area contributed by atoms with Crippen LogP contribution in [0.15, 0.2) is 22.9 Å². The van der Waals surface area contributed by atoms with Crippen LogP contribution in [0.1, 0.15) is 48.8 Å². The molecule has 2 rings (SSSR count). The van der Waals surface area contributed by atoms with E-state index in [9.17, 15) is 4.79 Å². The van der Waals surface area contributed by atoms with Gasteiger partial charge in [-0.2, -0.15) is 4.98 Å². The molecule has 0 radical (unpaired) electrons. The Hall–Kier alpha value is -2.44. The lowest BCUT2D eigenvalue weighted by Gasteiger charge is -2.15. The molecule has 7 nitrogen and oxygen atoms in total. The maximum Gasteiger partial charge on any atom is 0.253 e. The van der Waals surface area contributed by atoms with Crippen molar-refractivity contribution in [3.05, 3.63) is 35.6 Å². The van der Waals surface area contributed by atoms with Crippen molar-refractivity contribution < 1.29 is 9.32 Å². The van der Waals surface area contributed by atoms with Gasteiger partial charge in [-0.1, -0.05) is 19.0 Å². The minimum absolute atomic E-state index is 0.171. The number of pyridine rings is 1. The predicted octanol–water partition coefficient (Wildman–Crippen LogP) is 1.97. The van der Waals surface area contributed by atoms with Crippen LogP contribution < -0.4 is 10.2 Å². The van der Waals surface area contributed by atoms with Gasteiger partial charge in [0.1, 0.15) is 5.82 Å². The average Bonchev–Trinajstić information content (AvgIpc) is 3.01. The number of hydrogen-bond donors (Lipinski definition) is 1. The van der Waals surface area contributed by atoms with Gasteiger partial charge in [-0.3, -0.25) is 4.79 Å². The quantitative estimate of drug-likeness (QED) is 0.878. The van der Waals surface area contributed by atoms with Gasteiger partial charge in [0.25, 0.3) is 5.91 Å². The Morgan fingerprint density at radius 2 is 2.18 bits per heavy atom. The van der Waals surface area contributed by atoms with Crippen molar-refractivity contribution in [3.8, 4) is 0 Å². The second kappa shape index (κ2) is 7.02. The maximum absolute atomic E-state index is 12.1. The zero-order chi connectivity index (χ0) is 16.1. The highest BCUT2D eigenvalue weighted by Gasteiger charge is 2.12. The van der Waals surface area contributed by atoms with E-state index < -0.39 is 0 Å². The van der Waals surface area contributed by atoms with Crippen molar-refractivity contribution in [2.24, 2.45) is 0 Å². The number of carbonyl (C=O) groups is 1. The largest absolute Gasteiger partial charge is 0.360 e. The summed E-state index contributed by atoms with van der Waals surface area (Å²) in [5, 5.41) is 6.58. The van der Waals surface area contributed by atoms with E-state index in [-0.39, 0.29) is 18.4 Å². The maximum atomic E-state index is 12.1. The summed E-state index contributed by atoms with van der Waals surface area (Å²) in [6.45, 7) is 7.06. The third-order valence-corrected chi connectivity index (χ3v) is 3.26. The van der Waals surface area contributed by atoms with Crippen molar-refractivity contribution in [2.45, 2.75) is 33.2 Å². The molecule has 0 fully saturated rings. The zero-order valence-corrected chi connectivity index (χ0v) is 13.3. The van der Waals surface area contributed by atoms with E-state index in [1.165, 1.54) is 0 Å².